The number of methoxy groups -OCH3 is 1. The number of nitrogens with two attached hydrogens (primary N) is 1. The third kappa shape index (κ3) is 5.59. The van der Waals surface area contributed by atoms with Crippen molar-refractivity contribution >= 4 is 23.5 Å². The quantitative estimate of drug-likeness (QED) is 0.575. The molecule has 1 aliphatic rings. The highest BCUT2D eigenvalue weighted by atomic mass is 32.2. The molecule has 3 rings (SSSR count). The van der Waals surface area contributed by atoms with E-state index in [2.05, 4.69) is 31.2 Å². The van der Waals surface area contributed by atoms with Gasteiger partial charge in [0.05, 0.1) is 7.11 Å². The van der Waals surface area contributed by atoms with E-state index in [9.17, 15) is 0 Å². The van der Waals surface area contributed by atoms with Gasteiger partial charge in [0.1, 0.15) is 11.5 Å². The standard InChI is InChI=1S/C22H29NO2S2/c1-3-8-16(14-26-20-11-6-4-9-18(20)24-2)13-17-15-27-21-12-7-5-10-19(21)25-22(17)23/h4-7,9-12,16-17,22H,3,8,13-15,23H2,1-2H3/t16-,17+,22?/m1/s1. The lowest BCUT2D eigenvalue weighted by molar-refractivity contribution is 0.135. The molecule has 5 heteroatoms. The molecule has 1 unspecified atom stereocenters. The number of ether oxygens (including phenoxy) is 2. The number of hydrogen-bond donors (Lipinski definition) is 1. The van der Waals surface area contributed by atoms with Gasteiger partial charge in [-0.2, -0.15) is 0 Å². The first-order chi connectivity index (χ1) is 13.2. The van der Waals surface area contributed by atoms with Gasteiger partial charge in [-0.05, 0) is 43.0 Å². The van der Waals surface area contributed by atoms with E-state index in [1.165, 1.54) is 22.6 Å². The lowest BCUT2D eigenvalue weighted by Crippen LogP contribution is -2.37. The largest absolute Gasteiger partial charge is 0.496 e. The molecule has 0 aromatic heterocycles. The van der Waals surface area contributed by atoms with Crippen LogP contribution >= 0.6 is 23.5 Å². The molecular formula is C22H29NO2S2. The van der Waals surface area contributed by atoms with Crippen molar-refractivity contribution in [3.05, 3.63) is 48.5 Å². The highest BCUT2D eigenvalue weighted by Crippen LogP contribution is 2.38. The molecule has 3 atom stereocenters. The van der Waals surface area contributed by atoms with Crippen LogP contribution in [0.25, 0.3) is 0 Å². The van der Waals surface area contributed by atoms with E-state index in [1.807, 2.05) is 47.8 Å². The normalized spacial score (nSPS) is 20.3. The third-order valence-corrected chi connectivity index (χ3v) is 7.44. The van der Waals surface area contributed by atoms with E-state index >= 15 is 0 Å². The van der Waals surface area contributed by atoms with Crippen LogP contribution < -0.4 is 15.2 Å². The van der Waals surface area contributed by atoms with E-state index in [0.29, 0.717) is 11.8 Å². The van der Waals surface area contributed by atoms with Crippen molar-refractivity contribution in [2.45, 2.75) is 42.2 Å². The molecule has 1 aliphatic heterocycles. The van der Waals surface area contributed by atoms with E-state index < -0.39 is 0 Å². The van der Waals surface area contributed by atoms with Gasteiger partial charge in [-0.25, -0.2) is 0 Å². The fourth-order valence-electron chi connectivity index (χ4n) is 3.45. The maximum absolute atomic E-state index is 6.43. The van der Waals surface area contributed by atoms with Crippen molar-refractivity contribution < 1.29 is 9.47 Å². The van der Waals surface area contributed by atoms with Crippen LogP contribution in [0.2, 0.25) is 0 Å². The Morgan fingerprint density at radius 2 is 2.00 bits per heavy atom. The van der Waals surface area contributed by atoms with Crippen LogP contribution in [-0.4, -0.2) is 24.8 Å². The van der Waals surface area contributed by atoms with Gasteiger partial charge < -0.3 is 9.47 Å². The van der Waals surface area contributed by atoms with Crippen molar-refractivity contribution in [3.63, 3.8) is 0 Å². The van der Waals surface area contributed by atoms with Crippen LogP contribution in [0, 0.1) is 11.8 Å². The van der Waals surface area contributed by atoms with Crippen LogP contribution in [-0.2, 0) is 0 Å². The zero-order valence-electron chi connectivity index (χ0n) is 16.1. The average Bonchev–Trinajstić information content (AvgIpc) is 2.85. The van der Waals surface area contributed by atoms with Gasteiger partial charge in [0, 0.05) is 27.2 Å². The Balaban J connectivity index is 1.62. The predicted molar refractivity (Wildman–Crippen MR) is 116 cm³/mol. The molecule has 0 amide bonds. The minimum absolute atomic E-state index is 0.239. The Labute approximate surface area is 171 Å². The van der Waals surface area contributed by atoms with Crippen molar-refractivity contribution in [3.8, 4) is 11.5 Å². The second-order valence-corrected chi connectivity index (χ2v) is 9.08. The molecule has 0 radical (unpaired) electrons. The van der Waals surface area contributed by atoms with Gasteiger partial charge >= 0.3 is 0 Å². The molecule has 0 fully saturated rings. The average molecular weight is 404 g/mol. The van der Waals surface area contributed by atoms with Gasteiger partial charge in [0.15, 0.2) is 6.23 Å². The summed E-state index contributed by atoms with van der Waals surface area (Å²) in [6.07, 6.45) is 3.26. The van der Waals surface area contributed by atoms with Crippen LogP contribution in [0.15, 0.2) is 58.3 Å². The number of rotatable bonds is 8. The molecule has 2 aromatic rings. The SMILES string of the molecule is CCC[C@@H](CSc1ccccc1OC)C[C@H]1CSc2ccccc2OC1N. The first kappa shape index (κ1) is 20.4. The molecule has 0 aliphatic carbocycles. The van der Waals surface area contributed by atoms with Gasteiger partial charge in [-0.3, -0.25) is 5.73 Å². The Hall–Kier alpha value is -1.30. The maximum atomic E-state index is 6.43. The van der Waals surface area contributed by atoms with Gasteiger partial charge in [-0.1, -0.05) is 37.6 Å². The summed E-state index contributed by atoms with van der Waals surface area (Å²) in [4.78, 5) is 2.41. The third-order valence-electron chi connectivity index (χ3n) is 4.91. The van der Waals surface area contributed by atoms with Crippen molar-refractivity contribution in [2.24, 2.45) is 17.6 Å². The first-order valence-corrected chi connectivity index (χ1v) is 11.6. The Bertz CT molecular complexity index is 725. The fourth-order valence-corrected chi connectivity index (χ4v) is 5.79. The minimum Gasteiger partial charge on any atom is -0.496 e. The van der Waals surface area contributed by atoms with Crippen LogP contribution in [0.1, 0.15) is 26.2 Å². The summed E-state index contributed by atoms with van der Waals surface area (Å²) < 4.78 is 11.6. The molecule has 1 heterocycles. The molecule has 0 bridgehead atoms. The van der Waals surface area contributed by atoms with E-state index in [4.69, 9.17) is 15.2 Å². The Kier molecular flexibility index (Phi) is 7.80. The summed E-state index contributed by atoms with van der Waals surface area (Å²) in [6, 6.07) is 16.5. The van der Waals surface area contributed by atoms with Crippen LogP contribution in [0.3, 0.4) is 0 Å². The second-order valence-electron chi connectivity index (χ2n) is 6.95. The summed E-state index contributed by atoms with van der Waals surface area (Å²) in [5, 5.41) is 0. The molecule has 0 saturated carbocycles. The van der Waals surface area contributed by atoms with Gasteiger partial charge in [-0.15, -0.1) is 23.5 Å². The van der Waals surface area contributed by atoms with E-state index in [1.54, 1.807) is 7.11 Å². The molecule has 0 saturated heterocycles. The Morgan fingerprint density at radius 1 is 1.22 bits per heavy atom. The maximum Gasteiger partial charge on any atom is 0.151 e. The molecular weight excluding hydrogens is 374 g/mol. The molecule has 2 N–H and O–H groups in total. The summed E-state index contributed by atoms with van der Waals surface area (Å²) in [5.74, 6) is 4.95. The molecule has 3 nitrogen and oxygen atoms in total. The summed E-state index contributed by atoms with van der Waals surface area (Å²) in [6.45, 7) is 2.26. The predicted octanol–water partition coefficient (Wildman–Crippen LogP) is 5.68. The number of hydrogen-bond acceptors (Lipinski definition) is 5. The first-order valence-electron chi connectivity index (χ1n) is 9.61. The van der Waals surface area contributed by atoms with Crippen LogP contribution in [0.5, 0.6) is 11.5 Å². The summed E-state index contributed by atoms with van der Waals surface area (Å²) >= 11 is 3.76. The molecule has 146 valence electrons. The number of para-hydroxylation sites is 2. The topological polar surface area (TPSA) is 44.5 Å². The highest BCUT2D eigenvalue weighted by molar-refractivity contribution is 7.99. The van der Waals surface area contributed by atoms with Crippen LogP contribution in [0.4, 0.5) is 0 Å². The Morgan fingerprint density at radius 3 is 2.81 bits per heavy atom. The summed E-state index contributed by atoms with van der Waals surface area (Å²) in [7, 11) is 1.74. The molecule has 0 spiro atoms. The smallest absolute Gasteiger partial charge is 0.151 e. The lowest BCUT2D eigenvalue weighted by Gasteiger charge is -2.26. The zero-order valence-corrected chi connectivity index (χ0v) is 17.7. The van der Waals surface area contributed by atoms with Crippen molar-refractivity contribution in [2.75, 3.05) is 18.6 Å². The number of benzene rings is 2. The number of thioether (sulfide) groups is 2. The zero-order chi connectivity index (χ0) is 19.1. The minimum atomic E-state index is -0.239. The summed E-state index contributed by atoms with van der Waals surface area (Å²) in [5.41, 5.74) is 6.43. The highest BCUT2D eigenvalue weighted by Gasteiger charge is 2.27. The van der Waals surface area contributed by atoms with E-state index in [-0.39, 0.29) is 6.23 Å². The lowest BCUT2D eigenvalue weighted by atomic mass is 9.92. The number of fused-ring (bicyclic) bond motifs is 1. The van der Waals surface area contributed by atoms with Crippen molar-refractivity contribution in [1.29, 1.82) is 0 Å². The second kappa shape index (κ2) is 10.3. The van der Waals surface area contributed by atoms with E-state index in [0.717, 1.165) is 29.4 Å². The van der Waals surface area contributed by atoms with Crippen molar-refractivity contribution in [1.82, 2.24) is 0 Å². The molecule has 2 aromatic carbocycles. The molecule has 27 heavy (non-hydrogen) atoms. The fraction of sp³-hybridized carbons (Fsp3) is 0.455. The van der Waals surface area contributed by atoms with Gasteiger partial charge in [0.2, 0.25) is 0 Å². The van der Waals surface area contributed by atoms with Gasteiger partial charge in [0.25, 0.3) is 0 Å². The monoisotopic (exact) mass is 403 g/mol.